The molecule has 0 radical (unpaired) electrons. The van der Waals surface area contributed by atoms with Crippen LogP contribution >= 0.6 is 34.2 Å². The van der Waals surface area contributed by atoms with Crippen molar-refractivity contribution < 1.29 is 13.5 Å². The Hall–Kier alpha value is -0.0500. The maximum Gasteiger partial charge on any atom is 0.225 e. The summed E-state index contributed by atoms with van der Waals surface area (Å²) >= 11 is 7.52. The molecule has 0 unspecified atom stereocenters. The SMILES string of the molecule is CCS(=O)(=O)[C@@](Cl)(I)[C@H](O)c1cccc(N)c1. The molecule has 0 aliphatic rings. The predicted molar refractivity (Wildman–Crippen MR) is 77.9 cm³/mol. The fourth-order valence-corrected chi connectivity index (χ4v) is 3.89. The number of sulfone groups is 1. The largest absolute Gasteiger partial charge is 0.399 e. The Kier molecular flexibility index (Phi) is 4.67. The van der Waals surface area contributed by atoms with Gasteiger partial charge >= 0.3 is 0 Å². The highest BCUT2D eigenvalue weighted by atomic mass is 127. The Morgan fingerprint density at radius 1 is 1.59 bits per heavy atom. The second-order valence-corrected chi connectivity index (χ2v) is 9.88. The van der Waals surface area contributed by atoms with Crippen LogP contribution in [0, 0.1) is 0 Å². The molecule has 0 aliphatic heterocycles. The fourth-order valence-electron chi connectivity index (χ4n) is 1.29. The standard InChI is InChI=1S/C10H13ClINO3S/c1-2-17(15,16)10(11,12)9(14)7-4-3-5-8(13)6-7/h3-6,9,14H,2,13H2,1H3/t9-,10+/m1/s1. The third kappa shape index (κ3) is 3.04. The molecule has 4 nitrogen and oxygen atoms in total. The quantitative estimate of drug-likeness (QED) is 0.469. The number of rotatable bonds is 4. The zero-order valence-electron chi connectivity index (χ0n) is 9.10. The molecule has 96 valence electrons. The molecule has 0 bridgehead atoms. The molecule has 0 saturated carbocycles. The number of alkyl halides is 2. The van der Waals surface area contributed by atoms with E-state index in [2.05, 4.69) is 0 Å². The molecule has 0 aromatic heterocycles. The van der Waals surface area contributed by atoms with Gasteiger partial charge in [-0.25, -0.2) is 8.42 Å². The highest BCUT2D eigenvalue weighted by Gasteiger charge is 2.45. The Bertz CT molecular complexity index is 504. The zero-order valence-corrected chi connectivity index (χ0v) is 12.8. The Morgan fingerprint density at radius 2 is 2.18 bits per heavy atom. The van der Waals surface area contributed by atoms with Crippen molar-refractivity contribution in [1.82, 2.24) is 0 Å². The molecular formula is C10H13ClINO3S. The van der Waals surface area contributed by atoms with Gasteiger partial charge in [0.15, 0.2) is 9.84 Å². The average Bonchev–Trinajstić information content (AvgIpc) is 2.27. The van der Waals surface area contributed by atoms with Gasteiger partial charge in [-0.05, 0) is 40.3 Å². The molecule has 0 saturated heterocycles. The number of nitrogen functional groups attached to an aromatic ring is 1. The highest BCUT2D eigenvalue weighted by molar-refractivity contribution is 14.1. The van der Waals surface area contributed by atoms with E-state index in [0.29, 0.717) is 11.3 Å². The van der Waals surface area contributed by atoms with Gasteiger partial charge in [0.1, 0.15) is 6.10 Å². The number of aliphatic hydroxyl groups excluding tert-OH is 1. The van der Waals surface area contributed by atoms with Crippen LogP contribution in [-0.4, -0.2) is 21.5 Å². The van der Waals surface area contributed by atoms with Crippen LogP contribution in [0.5, 0.6) is 0 Å². The van der Waals surface area contributed by atoms with Gasteiger partial charge in [0.25, 0.3) is 0 Å². The van der Waals surface area contributed by atoms with Gasteiger partial charge in [-0.15, -0.1) is 0 Å². The Labute approximate surface area is 119 Å². The smallest absolute Gasteiger partial charge is 0.225 e. The van der Waals surface area contributed by atoms with Gasteiger partial charge in [0.05, 0.1) is 5.75 Å². The highest BCUT2D eigenvalue weighted by Crippen LogP contribution is 2.43. The molecule has 0 heterocycles. The molecular weight excluding hydrogens is 377 g/mol. The first-order valence-corrected chi connectivity index (χ1v) is 7.97. The summed E-state index contributed by atoms with van der Waals surface area (Å²) in [6.45, 7) is 1.48. The molecule has 17 heavy (non-hydrogen) atoms. The molecule has 1 aromatic rings. The van der Waals surface area contributed by atoms with Gasteiger partial charge < -0.3 is 10.8 Å². The normalized spacial score (nSPS) is 17.4. The van der Waals surface area contributed by atoms with Crippen molar-refractivity contribution >= 4 is 49.7 Å². The molecule has 3 N–H and O–H groups in total. The topological polar surface area (TPSA) is 80.4 Å². The van der Waals surface area contributed by atoms with Gasteiger partial charge in [0, 0.05) is 5.69 Å². The summed E-state index contributed by atoms with van der Waals surface area (Å²) in [5.41, 5.74) is 6.40. The van der Waals surface area contributed by atoms with Crippen LogP contribution < -0.4 is 5.73 Å². The number of nitrogens with two attached hydrogens (primary N) is 1. The molecule has 1 rings (SSSR count). The van der Waals surface area contributed by atoms with Gasteiger partial charge in [-0.3, -0.25) is 0 Å². The lowest BCUT2D eigenvalue weighted by Crippen LogP contribution is -2.34. The van der Waals surface area contributed by atoms with Crippen LogP contribution in [0.4, 0.5) is 5.69 Å². The van der Waals surface area contributed by atoms with Crippen LogP contribution in [-0.2, 0) is 9.84 Å². The van der Waals surface area contributed by atoms with Gasteiger partial charge in [0.2, 0.25) is 2.21 Å². The summed E-state index contributed by atoms with van der Waals surface area (Å²) in [6.07, 6.45) is -1.33. The Balaban J connectivity index is 3.17. The van der Waals surface area contributed by atoms with Crippen LogP contribution in [0.1, 0.15) is 18.6 Å². The summed E-state index contributed by atoms with van der Waals surface area (Å²) in [7, 11) is -3.60. The van der Waals surface area contributed by atoms with Crippen molar-refractivity contribution in [2.24, 2.45) is 0 Å². The second-order valence-electron chi connectivity index (χ2n) is 3.54. The van der Waals surface area contributed by atoms with Crippen LogP contribution in [0.25, 0.3) is 0 Å². The number of anilines is 1. The van der Waals surface area contributed by atoms with E-state index in [1.54, 1.807) is 40.8 Å². The molecule has 0 spiro atoms. The van der Waals surface area contributed by atoms with Crippen molar-refractivity contribution in [3.05, 3.63) is 29.8 Å². The number of hydrogen-bond donors (Lipinski definition) is 2. The van der Waals surface area contributed by atoms with E-state index in [-0.39, 0.29) is 5.75 Å². The zero-order chi connectivity index (χ0) is 13.3. The summed E-state index contributed by atoms with van der Waals surface area (Å²) < 4.78 is 21.8. The van der Waals surface area contributed by atoms with Crippen molar-refractivity contribution in [1.29, 1.82) is 0 Å². The monoisotopic (exact) mass is 389 g/mol. The first-order valence-electron chi connectivity index (χ1n) is 4.86. The summed E-state index contributed by atoms with van der Waals surface area (Å²) in [5.74, 6) is -0.140. The average molecular weight is 390 g/mol. The summed E-state index contributed by atoms with van der Waals surface area (Å²) in [4.78, 5) is 0. The Morgan fingerprint density at radius 3 is 2.65 bits per heavy atom. The molecule has 7 heteroatoms. The summed E-state index contributed by atoms with van der Waals surface area (Å²) in [5, 5.41) is 10.1. The van der Waals surface area contributed by atoms with Gasteiger partial charge in [-0.2, -0.15) is 0 Å². The van der Waals surface area contributed by atoms with E-state index >= 15 is 0 Å². The lowest BCUT2D eigenvalue weighted by molar-refractivity contribution is 0.187. The third-order valence-corrected chi connectivity index (χ3v) is 7.67. The molecule has 1 aromatic carbocycles. The molecule has 2 atom stereocenters. The van der Waals surface area contributed by atoms with E-state index in [1.807, 2.05) is 0 Å². The number of benzene rings is 1. The number of hydrogen-bond acceptors (Lipinski definition) is 4. The third-order valence-electron chi connectivity index (χ3n) is 2.34. The number of aliphatic hydroxyl groups is 1. The fraction of sp³-hybridized carbons (Fsp3) is 0.400. The van der Waals surface area contributed by atoms with E-state index in [1.165, 1.54) is 13.0 Å². The van der Waals surface area contributed by atoms with Crippen LogP contribution in [0.15, 0.2) is 24.3 Å². The first kappa shape index (κ1) is 15.0. The van der Waals surface area contributed by atoms with Crippen molar-refractivity contribution in [2.75, 3.05) is 11.5 Å². The van der Waals surface area contributed by atoms with Crippen molar-refractivity contribution in [2.45, 2.75) is 15.2 Å². The van der Waals surface area contributed by atoms with Gasteiger partial charge in [-0.1, -0.05) is 30.7 Å². The van der Waals surface area contributed by atoms with E-state index in [4.69, 9.17) is 17.3 Å². The maximum absolute atomic E-state index is 11.8. The number of halogens is 2. The predicted octanol–water partition coefficient (Wildman–Crippen LogP) is 2.06. The van der Waals surface area contributed by atoms with Crippen LogP contribution in [0.2, 0.25) is 0 Å². The first-order chi connectivity index (χ1) is 7.72. The van der Waals surface area contributed by atoms with E-state index in [9.17, 15) is 13.5 Å². The van der Waals surface area contributed by atoms with E-state index in [0.717, 1.165) is 0 Å². The minimum absolute atomic E-state index is 0.140. The van der Waals surface area contributed by atoms with Crippen molar-refractivity contribution in [3.8, 4) is 0 Å². The minimum Gasteiger partial charge on any atom is -0.399 e. The lowest BCUT2D eigenvalue weighted by atomic mass is 10.1. The van der Waals surface area contributed by atoms with Crippen LogP contribution in [0.3, 0.4) is 0 Å². The van der Waals surface area contributed by atoms with Crippen molar-refractivity contribution in [3.63, 3.8) is 0 Å². The summed E-state index contributed by atoms with van der Waals surface area (Å²) in [6, 6.07) is 6.37. The minimum atomic E-state index is -3.60. The molecule has 0 aliphatic carbocycles. The lowest BCUT2D eigenvalue weighted by Gasteiger charge is -2.26. The maximum atomic E-state index is 11.8. The van der Waals surface area contributed by atoms with E-state index < -0.39 is 18.2 Å². The molecule has 0 fully saturated rings. The second kappa shape index (κ2) is 5.29. The molecule has 0 amide bonds.